The number of ether oxygens (including phenoxy) is 1. The first-order chi connectivity index (χ1) is 13.3. The molecule has 0 fully saturated rings. The molecule has 0 saturated heterocycles. The zero-order chi connectivity index (χ0) is 20.3. The molecule has 8 nitrogen and oxygen atoms in total. The van der Waals surface area contributed by atoms with Gasteiger partial charge in [0.25, 0.3) is 0 Å². The van der Waals surface area contributed by atoms with Gasteiger partial charge in [0.1, 0.15) is 17.5 Å². The summed E-state index contributed by atoms with van der Waals surface area (Å²) in [6, 6.07) is 8.81. The second-order valence-corrected chi connectivity index (χ2v) is 5.49. The predicted octanol–water partition coefficient (Wildman–Crippen LogP) is 2.81. The van der Waals surface area contributed by atoms with Crippen LogP contribution < -0.4 is 0 Å². The number of nitriles is 1. The Morgan fingerprint density at radius 2 is 1.86 bits per heavy atom. The highest BCUT2D eigenvalue weighted by Gasteiger charge is 2.32. The molecular weight excluding hydrogens is 377 g/mol. The van der Waals surface area contributed by atoms with E-state index >= 15 is 0 Å². The fourth-order valence-electron chi connectivity index (χ4n) is 2.26. The van der Waals surface area contributed by atoms with Gasteiger partial charge in [-0.1, -0.05) is 24.3 Å². The predicted molar refractivity (Wildman–Crippen MR) is 88.0 cm³/mol. The SMILES string of the molecule is CC(=O)OCn1nc(C#N)c(-c2ccc(-c3nccc(C(F)(F)F)n3)cc2)n1. The average Bonchev–Trinajstić information content (AvgIpc) is 3.09. The zero-order valence-corrected chi connectivity index (χ0v) is 14.3. The highest BCUT2D eigenvalue weighted by molar-refractivity contribution is 5.68. The number of hydrogen-bond acceptors (Lipinski definition) is 7. The zero-order valence-electron chi connectivity index (χ0n) is 14.3. The highest BCUT2D eigenvalue weighted by Crippen LogP contribution is 2.29. The summed E-state index contributed by atoms with van der Waals surface area (Å²) in [5.74, 6) is -0.608. The van der Waals surface area contributed by atoms with E-state index in [1.165, 1.54) is 19.1 Å². The summed E-state index contributed by atoms with van der Waals surface area (Å²) >= 11 is 0. The third-order valence-corrected chi connectivity index (χ3v) is 3.51. The van der Waals surface area contributed by atoms with Crippen LogP contribution in [0.3, 0.4) is 0 Å². The molecule has 0 unspecified atom stereocenters. The molecule has 0 N–H and O–H groups in total. The third kappa shape index (κ3) is 4.12. The second-order valence-electron chi connectivity index (χ2n) is 5.49. The summed E-state index contributed by atoms with van der Waals surface area (Å²) in [6.07, 6.45) is -3.53. The fourth-order valence-corrected chi connectivity index (χ4v) is 2.26. The van der Waals surface area contributed by atoms with Crippen LogP contribution in [-0.2, 0) is 22.4 Å². The van der Waals surface area contributed by atoms with Crippen molar-refractivity contribution in [2.75, 3.05) is 0 Å². The number of esters is 1. The van der Waals surface area contributed by atoms with Crippen molar-refractivity contribution in [3.05, 3.63) is 47.9 Å². The molecule has 0 atom stereocenters. The minimum atomic E-state index is -4.57. The Balaban J connectivity index is 1.89. The van der Waals surface area contributed by atoms with E-state index in [1.807, 2.05) is 6.07 Å². The van der Waals surface area contributed by atoms with Crippen molar-refractivity contribution in [2.24, 2.45) is 0 Å². The van der Waals surface area contributed by atoms with Crippen molar-refractivity contribution in [3.63, 3.8) is 0 Å². The van der Waals surface area contributed by atoms with Crippen LogP contribution in [0.2, 0.25) is 0 Å². The molecule has 2 heterocycles. The van der Waals surface area contributed by atoms with Crippen molar-refractivity contribution in [1.29, 1.82) is 5.26 Å². The number of benzene rings is 1. The molecule has 0 bridgehead atoms. The Morgan fingerprint density at radius 3 is 2.46 bits per heavy atom. The molecule has 0 radical (unpaired) electrons. The fraction of sp³-hybridized carbons (Fsp3) is 0.176. The topological polar surface area (TPSA) is 107 Å². The van der Waals surface area contributed by atoms with Gasteiger partial charge in [-0.2, -0.15) is 18.4 Å². The monoisotopic (exact) mass is 388 g/mol. The number of rotatable bonds is 4. The molecule has 3 rings (SSSR count). The summed E-state index contributed by atoms with van der Waals surface area (Å²) in [4.78, 5) is 19.3. The maximum atomic E-state index is 12.8. The normalized spacial score (nSPS) is 11.1. The molecule has 3 aromatic rings. The van der Waals surface area contributed by atoms with Crippen LogP contribution in [0.15, 0.2) is 36.5 Å². The smallest absolute Gasteiger partial charge is 0.433 e. The number of hydrogen-bond donors (Lipinski definition) is 0. The van der Waals surface area contributed by atoms with Crippen LogP contribution in [0.5, 0.6) is 0 Å². The Hall–Kier alpha value is -3.81. The van der Waals surface area contributed by atoms with E-state index in [1.54, 1.807) is 12.1 Å². The summed E-state index contributed by atoms with van der Waals surface area (Å²) in [6.45, 7) is 0.977. The third-order valence-electron chi connectivity index (χ3n) is 3.51. The minimum Gasteiger partial charge on any atom is -0.441 e. The van der Waals surface area contributed by atoms with E-state index in [2.05, 4.69) is 20.2 Å². The standard InChI is InChI=1S/C17H11F3N6O2/c1-10(27)28-9-26-24-13(8-21)15(25-26)11-2-4-12(5-3-11)16-22-7-6-14(23-16)17(18,19)20/h2-7H,9H2,1H3. The van der Waals surface area contributed by atoms with Crippen molar-refractivity contribution >= 4 is 5.97 Å². The number of carbonyl (C=O) groups is 1. The van der Waals surface area contributed by atoms with Crippen molar-refractivity contribution in [3.8, 4) is 28.7 Å². The van der Waals surface area contributed by atoms with Gasteiger partial charge in [0.15, 0.2) is 11.5 Å². The summed E-state index contributed by atoms with van der Waals surface area (Å²) in [5.41, 5.74) is 0.0742. The van der Waals surface area contributed by atoms with E-state index in [4.69, 9.17) is 4.74 Å². The molecule has 142 valence electrons. The van der Waals surface area contributed by atoms with Gasteiger partial charge in [0.2, 0.25) is 6.73 Å². The maximum Gasteiger partial charge on any atom is 0.433 e. The Labute approximate surface area is 156 Å². The van der Waals surface area contributed by atoms with E-state index in [0.29, 0.717) is 11.1 Å². The second kappa shape index (κ2) is 7.43. The lowest BCUT2D eigenvalue weighted by atomic mass is 10.1. The molecule has 0 aliphatic heterocycles. The lowest BCUT2D eigenvalue weighted by Crippen LogP contribution is -2.09. The molecule has 2 aromatic heterocycles. The lowest BCUT2D eigenvalue weighted by Gasteiger charge is -2.07. The first-order valence-electron chi connectivity index (χ1n) is 7.77. The molecular formula is C17H11F3N6O2. The highest BCUT2D eigenvalue weighted by atomic mass is 19.4. The number of aromatic nitrogens is 5. The van der Waals surface area contributed by atoms with E-state index < -0.39 is 17.8 Å². The summed E-state index contributed by atoms with van der Waals surface area (Å²) in [5, 5.41) is 17.2. The van der Waals surface area contributed by atoms with Gasteiger partial charge in [-0.25, -0.2) is 9.97 Å². The first-order valence-corrected chi connectivity index (χ1v) is 7.77. The molecule has 1 aromatic carbocycles. The molecule has 28 heavy (non-hydrogen) atoms. The number of carbonyl (C=O) groups excluding carboxylic acids is 1. The number of nitrogens with zero attached hydrogens (tertiary/aromatic N) is 6. The van der Waals surface area contributed by atoms with Gasteiger partial charge in [0.05, 0.1) is 0 Å². The van der Waals surface area contributed by atoms with Crippen LogP contribution in [-0.4, -0.2) is 30.9 Å². The molecule has 0 spiro atoms. The largest absolute Gasteiger partial charge is 0.441 e. The lowest BCUT2D eigenvalue weighted by molar-refractivity contribution is -0.145. The van der Waals surface area contributed by atoms with E-state index in [0.717, 1.165) is 17.1 Å². The molecule has 0 saturated carbocycles. The van der Waals surface area contributed by atoms with Crippen LogP contribution in [0, 0.1) is 11.3 Å². The maximum absolute atomic E-state index is 12.8. The molecule has 11 heteroatoms. The average molecular weight is 388 g/mol. The number of halogens is 3. The Kier molecular flexibility index (Phi) is 5.04. The van der Waals surface area contributed by atoms with Gasteiger partial charge in [-0.3, -0.25) is 4.79 Å². The van der Waals surface area contributed by atoms with Gasteiger partial charge in [-0.15, -0.1) is 15.0 Å². The minimum absolute atomic E-state index is 0.00946. The van der Waals surface area contributed by atoms with Gasteiger partial charge in [-0.05, 0) is 6.07 Å². The van der Waals surface area contributed by atoms with Crippen molar-refractivity contribution < 1.29 is 22.7 Å². The quantitative estimate of drug-likeness (QED) is 0.633. The molecule has 0 aliphatic rings. The van der Waals surface area contributed by atoms with Gasteiger partial charge >= 0.3 is 12.1 Å². The van der Waals surface area contributed by atoms with Crippen molar-refractivity contribution in [2.45, 2.75) is 19.8 Å². The first kappa shape index (κ1) is 19.0. The van der Waals surface area contributed by atoms with Crippen LogP contribution in [0.25, 0.3) is 22.6 Å². The van der Waals surface area contributed by atoms with Crippen molar-refractivity contribution in [1.82, 2.24) is 25.0 Å². The summed E-state index contributed by atoms with van der Waals surface area (Å²) in [7, 11) is 0. The van der Waals surface area contributed by atoms with E-state index in [-0.39, 0.29) is 23.9 Å². The van der Waals surface area contributed by atoms with E-state index in [9.17, 15) is 23.2 Å². The van der Waals surface area contributed by atoms with Crippen LogP contribution >= 0.6 is 0 Å². The Bertz CT molecular complexity index is 1050. The number of alkyl halides is 3. The molecule has 0 aliphatic carbocycles. The van der Waals surface area contributed by atoms with Crippen LogP contribution in [0.1, 0.15) is 18.3 Å². The van der Waals surface area contributed by atoms with Gasteiger partial charge < -0.3 is 4.74 Å². The molecule has 0 amide bonds. The Morgan fingerprint density at radius 1 is 1.18 bits per heavy atom. The van der Waals surface area contributed by atoms with Crippen LogP contribution in [0.4, 0.5) is 13.2 Å². The van der Waals surface area contributed by atoms with Gasteiger partial charge in [0, 0.05) is 24.2 Å². The summed E-state index contributed by atoms with van der Waals surface area (Å²) < 4.78 is 43.2.